The second-order valence-corrected chi connectivity index (χ2v) is 22.9. The average Bonchev–Trinajstić information content (AvgIpc) is 4.11. The quantitative estimate of drug-likeness (QED) is 0.0654. The molecular weight excluding hydrogens is 931 g/mol. The monoisotopic (exact) mass is 990 g/mol. The lowest BCUT2D eigenvalue weighted by atomic mass is 9.72. The van der Waals surface area contributed by atoms with Crippen molar-refractivity contribution in [3.8, 4) is 23.0 Å². The average molecular weight is 991 g/mol. The summed E-state index contributed by atoms with van der Waals surface area (Å²) in [5, 5.41) is 0. The standard InChI is InChI=1S/C53H60N4O11P2/c1-13-62-47(58)39-21-17-33-29-34-18-22-40(48(59)63-14-2)55(34)69(54(33)39)67-43-27-31(51(5,6)7)25-37-45(43)66-46-38(53(37,11)12)26-32(52(8,9)10)28-44(46)68-70-56-35(19-23-41(56)49(60)64-15-3)30-36-20-24-42(57(36)70)50(61)65-16-4/h17-28H,13-16,29-30H2,1-12H3. The Morgan fingerprint density at radius 3 is 1.04 bits per heavy atom. The van der Waals surface area contributed by atoms with E-state index in [0.717, 1.165) is 45.0 Å². The summed E-state index contributed by atoms with van der Waals surface area (Å²) in [7, 11) is -4.16. The van der Waals surface area contributed by atoms with Gasteiger partial charge in [0.1, 0.15) is 22.8 Å². The Balaban J connectivity index is 1.26. The predicted molar refractivity (Wildman–Crippen MR) is 266 cm³/mol. The van der Waals surface area contributed by atoms with E-state index in [1.54, 1.807) is 52.0 Å². The molecular formula is C53H60N4O11P2. The summed E-state index contributed by atoms with van der Waals surface area (Å²) in [6.07, 6.45) is 0.833. The fourth-order valence-corrected chi connectivity index (χ4v) is 13.2. The highest BCUT2D eigenvalue weighted by atomic mass is 31.2. The van der Waals surface area contributed by atoms with Crippen molar-refractivity contribution in [2.45, 2.75) is 112 Å². The fourth-order valence-electron chi connectivity index (χ4n) is 9.15. The molecule has 0 fully saturated rings. The van der Waals surface area contributed by atoms with Crippen LogP contribution in [-0.4, -0.2) is 67.7 Å². The molecule has 15 nitrogen and oxygen atoms in total. The van der Waals surface area contributed by atoms with Gasteiger partial charge in [0, 0.05) is 52.2 Å². The van der Waals surface area contributed by atoms with E-state index >= 15 is 0 Å². The van der Waals surface area contributed by atoms with Crippen LogP contribution in [0.1, 0.15) is 170 Å². The lowest BCUT2D eigenvalue weighted by Gasteiger charge is -2.39. The molecule has 7 heterocycles. The summed E-state index contributed by atoms with van der Waals surface area (Å²) in [4.78, 5) is 54.8. The zero-order chi connectivity index (χ0) is 50.2. The number of aromatic nitrogens is 4. The van der Waals surface area contributed by atoms with E-state index in [4.69, 9.17) is 32.7 Å². The minimum Gasteiger partial charge on any atom is -0.461 e. The van der Waals surface area contributed by atoms with Crippen molar-refractivity contribution in [1.29, 1.82) is 0 Å². The Kier molecular flexibility index (Phi) is 12.6. The summed E-state index contributed by atoms with van der Waals surface area (Å²) >= 11 is 0. The molecule has 70 heavy (non-hydrogen) atoms. The first-order valence-corrected chi connectivity index (χ1v) is 26.1. The van der Waals surface area contributed by atoms with Crippen LogP contribution in [0, 0.1) is 0 Å². The molecule has 0 bridgehead atoms. The number of esters is 4. The molecule has 17 heteroatoms. The summed E-state index contributed by atoms with van der Waals surface area (Å²) in [5.74, 6) is -0.499. The third kappa shape index (κ3) is 8.28. The van der Waals surface area contributed by atoms with E-state index < -0.39 is 46.2 Å². The Morgan fingerprint density at radius 1 is 0.500 bits per heavy atom. The number of rotatable bonds is 12. The number of nitrogens with zero attached hydrogens (tertiary/aromatic N) is 4. The van der Waals surface area contributed by atoms with Gasteiger partial charge in [-0.05, 0) is 110 Å². The molecule has 3 aliphatic heterocycles. The van der Waals surface area contributed by atoms with Crippen LogP contribution in [0.4, 0.5) is 0 Å². The third-order valence-electron chi connectivity index (χ3n) is 12.8. The largest absolute Gasteiger partial charge is 0.461 e. The summed E-state index contributed by atoms with van der Waals surface area (Å²) in [6.45, 7) is 24.8. The van der Waals surface area contributed by atoms with Gasteiger partial charge in [-0.25, -0.2) is 19.2 Å². The number of carbonyl (C=O) groups excluding carboxylic acids is 4. The van der Waals surface area contributed by atoms with Gasteiger partial charge in [0.25, 0.3) is 0 Å². The first kappa shape index (κ1) is 48.7. The van der Waals surface area contributed by atoms with Crippen LogP contribution in [0.5, 0.6) is 23.0 Å². The lowest BCUT2D eigenvalue weighted by molar-refractivity contribution is 0.0506. The van der Waals surface area contributed by atoms with Crippen LogP contribution in [-0.2, 0) is 48.0 Å². The third-order valence-corrected chi connectivity index (χ3v) is 16.8. The Morgan fingerprint density at radius 2 is 0.786 bits per heavy atom. The van der Waals surface area contributed by atoms with Crippen LogP contribution >= 0.6 is 16.9 Å². The number of benzene rings is 2. The Bertz CT molecular complexity index is 2760. The highest BCUT2D eigenvalue weighted by Crippen LogP contribution is 2.61. The molecule has 6 aromatic rings. The van der Waals surface area contributed by atoms with E-state index in [1.165, 1.54) is 0 Å². The van der Waals surface area contributed by atoms with Crippen molar-refractivity contribution in [2.75, 3.05) is 26.4 Å². The molecule has 0 saturated heterocycles. The molecule has 0 spiro atoms. The molecule has 9 rings (SSSR count). The van der Waals surface area contributed by atoms with Crippen LogP contribution in [0.25, 0.3) is 0 Å². The van der Waals surface area contributed by atoms with Crippen LogP contribution in [0.3, 0.4) is 0 Å². The van der Waals surface area contributed by atoms with Gasteiger partial charge in [0.05, 0.1) is 26.4 Å². The molecule has 0 radical (unpaired) electrons. The molecule has 0 saturated carbocycles. The van der Waals surface area contributed by atoms with Crippen molar-refractivity contribution in [3.05, 3.63) is 141 Å². The minimum atomic E-state index is -2.08. The van der Waals surface area contributed by atoms with Crippen LogP contribution in [0.15, 0.2) is 72.8 Å². The van der Waals surface area contributed by atoms with Crippen molar-refractivity contribution >= 4 is 40.8 Å². The minimum absolute atomic E-state index is 0.166. The van der Waals surface area contributed by atoms with E-state index in [1.807, 2.05) is 53.7 Å². The highest BCUT2D eigenvalue weighted by Gasteiger charge is 2.44. The first-order valence-electron chi connectivity index (χ1n) is 23.8. The summed E-state index contributed by atoms with van der Waals surface area (Å²) < 4.78 is 51.7. The molecule has 368 valence electrons. The molecule has 0 N–H and O–H groups in total. The normalized spacial score (nSPS) is 14.7. The van der Waals surface area contributed by atoms with Gasteiger partial charge < -0.3 is 32.7 Å². The molecule has 2 aromatic carbocycles. The maximum atomic E-state index is 13.7. The maximum absolute atomic E-state index is 13.7. The first-order chi connectivity index (χ1) is 33.2. The van der Waals surface area contributed by atoms with Crippen LogP contribution in [0.2, 0.25) is 0 Å². The van der Waals surface area contributed by atoms with Gasteiger partial charge in [-0.3, -0.25) is 17.4 Å². The number of carbonyl (C=O) groups is 4. The summed E-state index contributed by atoms with van der Waals surface area (Å²) in [5.41, 5.74) is 6.49. The fraction of sp³-hybridized carbons (Fsp3) is 0.396. The summed E-state index contributed by atoms with van der Waals surface area (Å²) in [6, 6.07) is 22.8. The Labute approximate surface area is 410 Å². The van der Waals surface area contributed by atoms with Crippen LogP contribution < -0.4 is 13.8 Å². The van der Waals surface area contributed by atoms with Gasteiger partial charge in [-0.15, -0.1) is 0 Å². The van der Waals surface area contributed by atoms with E-state index in [9.17, 15) is 19.2 Å². The van der Waals surface area contributed by atoms with Gasteiger partial charge in [-0.2, -0.15) is 0 Å². The van der Waals surface area contributed by atoms with Gasteiger partial charge in [-0.1, -0.05) is 67.5 Å². The van der Waals surface area contributed by atoms with E-state index in [-0.39, 0.29) is 60.0 Å². The maximum Gasteiger partial charge on any atom is 0.355 e. The zero-order valence-corrected chi connectivity index (χ0v) is 43.6. The van der Waals surface area contributed by atoms with Crippen molar-refractivity contribution in [2.24, 2.45) is 0 Å². The molecule has 0 aliphatic carbocycles. The Hall–Kier alpha value is -6.30. The molecule has 0 atom stereocenters. The second-order valence-electron chi connectivity index (χ2n) is 19.9. The molecule has 3 aliphatic rings. The molecule has 0 amide bonds. The van der Waals surface area contributed by atoms with Gasteiger partial charge in [0.15, 0.2) is 23.0 Å². The SMILES string of the molecule is CCOC(=O)c1ccc2n1P(Oc1cc(C(C)(C)C)cc3c1Oc1c(OP4n5c(ccc5C(=O)OCC)Cc5ccc(C(=O)OCC)n54)cc(C(C)(C)C)cc1C3(C)C)n1c(ccc1C(=O)OCC)C2. The number of ether oxygens (including phenoxy) is 5. The topological polar surface area (TPSA) is 153 Å². The lowest BCUT2D eigenvalue weighted by Crippen LogP contribution is -2.28. The number of hydrogen-bond donors (Lipinski definition) is 0. The number of hydrogen-bond acceptors (Lipinski definition) is 11. The zero-order valence-electron chi connectivity index (χ0n) is 41.8. The number of fused-ring (bicyclic) bond motifs is 6. The second kappa shape index (κ2) is 18.1. The van der Waals surface area contributed by atoms with Crippen molar-refractivity contribution in [1.82, 2.24) is 17.4 Å². The predicted octanol–water partition coefficient (Wildman–Crippen LogP) is 11.8. The van der Waals surface area contributed by atoms with Gasteiger partial charge in [0.2, 0.25) is 0 Å². The van der Waals surface area contributed by atoms with E-state index in [2.05, 4.69) is 67.5 Å². The molecule has 0 unspecified atom stereocenters. The van der Waals surface area contributed by atoms with Gasteiger partial charge >= 0.3 is 40.8 Å². The highest BCUT2D eigenvalue weighted by molar-refractivity contribution is 7.50. The van der Waals surface area contributed by atoms with Crippen molar-refractivity contribution < 1.29 is 51.9 Å². The van der Waals surface area contributed by atoms with Crippen molar-refractivity contribution in [3.63, 3.8) is 0 Å². The smallest absolute Gasteiger partial charge is 0.355 e. The molecule has 4 aromatic heterocycles. The van der Waals surface area contributed by atoms with E-state index in [0.29, 0.717) is 35.8 Å².